The smallest absolute Gasteiger partial charge is 0.0951 e. The van der Waals surface area contributed by atoms with E-state index in [1.165, 1.54) is 22.3 Å². The van der Waals surface area contributed by atoms with Gasteiger partial charge in [-0.1, -0.05) is 48.5 Å². The van der Waals surface area contributed by atoms with Crippen LogP contribution in [0.5, 0.6) is 0 Å². The second-order valence-corrected chi connectivity index (χ2v) is 4.39. The first-order valence-corrected chi connectivity index (χ1v) is 6.09. The molecule has 0 saturated carbocycles. The van der Waals surface area contributed by atoms with Crippen LogP contribution in [0.1, 0.15) is 11.1 Å². The van der Waals surface area contributed by atoms with Gasteiger partial charge in [-0.2, -0.15) is 0 Å². The molecule has 0 unspecified atom stereocenters. The van der Waals surface area contributed by atoms with Gasteiger partial charge in [0.25, 0.3) is 0 Å². The molecule has 3 rings (SSSR count). The first kappa shape index (κ1) is 11.1. The van der Waals surface area contributed by atoms with Crippen LogP contribution in [0.3, 0.4) is 0 Å². The molecule has 0 radical (unpaired) electrons. The molecule has 0 aromatic heterocycles. The van der Waals surface area contributed by atoms with Crippen molar-refractivity contribution in [3.05, 3.63) is 65.7 Å². The Labute approximate surface area is 107 Å². The predicted molar refractivity (Wildman–Crippen MR) is 73.7 cm³/mol. The van der Waals surface area contributed by atoms with E-state index in [1.54, 1.807) is 0 Å². The van der Waals surface area contributed by atoms with E-state index in [1.807, 2.05) is 6.07 Å². The molecule has 2 aromatic rings. The molecular formula is C16H15NO. The van der Waals surface area contributed by atoms with Crippen molar-refractivity contribution in [2.24, 2.45) is 0 Å². The number of nitrogens with one attached hydrogen (secondary N) is 1. The van der Waals surface area contributed by atoms with E-state index >= 15 is 0 Å². The largest absolute Gasteiger partial charge is 0.272 e. The maximum Gasteiger partial charge on any atom is 0.0951 e. The van der Waals surface area contributed by atoms with Gasteiger partial charge in [-0.15, -0.1) is 0 Å². The lowest BCUT2D eigenvalue weighted by atomic mass is 9.94. The Morgan fingerprint density at radius 1 is 1.00 bits per heavy atom. The van der Waals surface area contributed by atoms with Gasteiger partial charge in [-0.05, 0) is 29.7 Å². The van der Waals surface area contributed by atoms with Crippen molar-refractivity contribution in [2.75, 3.05) is 6.61 Å². The van der Waals surface area contributed by atoms with Crippen LogP contribution in [-0.2, 0) is 4.84 Å². The first-order chi connectivity index (χ1) is 8.86. The Balaban J connectivity index is 2.18. The summed E-state index contributed by atoms with van der Waals surface area (Å²) in [6, 6.07) is 16.8. The van der Waals surface area contributed by atoms with Crippen LogP contribution in [0.4, 0.5) is 0 Å². The first-order valence-electron chi connectivity index (χ1n) is 6.09. The van der Waals surface area contributed by atoms with Crippen LogP contribution in [0.2, 0.25) is 0 Å². The third kappa shape index (κ3) is 1.91. The van der Waals surface area contributed by atoms with Crippen molar-refractivity contribution in [3.63, 3.8) is 0 Å². The van der Waals surface area contributed by atoms with Crippen molar-refractivity contribution >= 4 is 5.70 Å². The highest BCUT2D eigenvalue weighted by atomic mass is 16.6. The average Bonchev–Trinajstić information content (AvgIpc) is 2.93. The number of benzene rings is 2. The lowest BCUT2D eigenvalue weighted by Gasteiger charge is -2.14. The van der Waals surface area contributed by atoms with E-state index in [0.29, 0.717) is 6.61 Å². The van der Waals surface area contributed by atoms with Crippen LogP contribution < -0.4 is 5.48 Å². The van der Waals surface area contributed by atoms with E-state index in [0.717, 1.165) is 5.70 Å². The van der Waals surface area contributed by atoms with Gasteiger partial charge in [0.1, 0.15) is 0 Å². The SMILES string of the molecule is Cc1cccc(-c2ccccc2)c1C1=CCON1. The molecule has 0 atom stereocenters. The fourth-order valence-electron chi connectivity index (χ4n) is 2.32. The van der Waals surface area contributed by atoms with Crippen LogP contribution >= 0.6 is 0 Å². The molecule has 0 fully saturated rings. The van der Waals surface area contributed by atoms with Crippen molar-refractivity contribution < 1.29 is 4.84 Å². The molecule has 1 heterocycles. The summed E-state index contributed by atoms with van der Waals surface area (Å²) in [5.41, 5.74) is 8.98. The standard InChI is InChI=1S/C16H15NO/c1-12-6-5-9-14(13-7-3-2-4-8-13)16(12)15-10-11-18-17-15/h2-10,17H,11H2,1H3. The van der Waals surface area contributed by atoms with E-state index in [-0.39, 0.29) is 0 Å². The molecular weight excluding hydrogens is 222 g/mol. The molecule has 1 aliphatic heterocycles. The molecule has 0 bridgehead atoms. The molecule has 2 heteroatoms. The number of hydrogen-bond donors (Lipinski definition) is 1. The minimum absolute atomic E-state index is 0.623. The second kappa shape index (κ2) is 4.67. The van der Waals surface area contributed by atoms with E-state index in [4.69, 9.17) is 4.84 Å². The van der Waals surface area contributed by atoms with E-state index in [9.17, 15) is 0 Å². The fraction of sp³-hybridized carbons (Fsp3) is 0.125. The molecule has 0 spiro atoms. The Morgan fingerprint density at radius 3 is 2.56 bits per heavy atom. The molecule has 0 amide bonds. The molecule has 18 heavy (non-hydrogen) atoms. The molecule has 2 nitrogen and oxygen atoms in total. The van der Waals surface area contributed by atoms with Gasteiger partial charge < -0.3 is 0 Å². The highest BCUT2D eigenvalue weighted by Gasteiger charge is 2.14. The van der Waals surface area contributed by atoms with Crippen LogP contribution in [0.15, 0.2) is 54.6 Å². The topological polar surface area (TPSA) is 21.3 Å². The number of aryl methyl sites for hydroxylation is 1. The zero-order valence-electron chi connectivity index (χ0n) is 10.3. The Hall–Kier alpha value is -2.06. The molecule has 1 N–H and O–H groups in total. The van der Waals surface area contributed by atoms with Crippen molar-refractivity contribution in [1.29, 1.82) is 0 Å². The molecule has 0 saturated heterocycles. The number of rotatable bonds is 2. The summed E-state index contributed by atoms with van der Waals surface area (Å²) >= 11 is 0. The highest BCUT2D eigenvalue weighted by molar-refractivity contribution is 5.82. The minimum atomic E-state index is 0.623. The summed E-state index contributed by atoms with van der Waals surface area (Å²) in [5.74, 6) is 0. The van der Waals surface area contributed by atoms with Crippen LogP contribution in [-0.4, -0.2) is 6.61 Å². The maximum atomic E-state index is 5.21. The molecule has 0 aliphatic carbocycles. The number of hydroxylamine groups is 1. The Kier molecular flexibility index (Phi) is 2.87. The predicted octanol–water partition coefficient (Wildman–Crippen LogP) is 3.54. The van der Waals surface area contributed by atoms with Gasteiger partial charge in [-0.3, -0.25) is 10.3 Å². The average molecular weight is 237 g/mol. The minimum Gasteiger partial charge on any atom is -0.272 e. The van der Waals surface area contributed by atoms with Crippen molar-refractivity contribution in [2.45, 2.75) is 6.92 Å². The summed E-state index contributed by atoms with van der Waals surface area (Å²) in [7, 11) is 0. The lowest BCUT2D eigenvalue weighted by molar-refractivity contribution is 0.121. The van der Waals surface area contributed by atoms with E-state index < -0.39 is 0 Å². The van der Waals surface area contributed by atoms with Crippen molar-refractivity contribution in [3.8, 4) is 11.1 Å². The van der Waals surface area contributed by atoms with Gasteiger partial charge >= 0.3 is 0 Å². The van der Waals surface area contributed by atoms with Gasteiger partial charge in [0.2, 0.25) is 0 Å². The van der Waals surface area contributed by atoms with Crippen LogP contribution in [0.25, 0.3) is 16.8 Å². The Morgan fingerprint density at radius 2 is 1.83 bits per heavy atom. The third-order valence-corrected chi connectivity index (χ3v) is 3.18. The maximum absolute atomic E-state index is 5.21. The van der Waals surface area contributed by atoms with Gasteiger partial charge in [0.05, 0.1) is 12.3 Å². The summed E-state index contributed by atoms with van der Waals surface area (Å²) < 4.78 is 0. The summed E-state index contributed by atoms with van der Waals surface area (Å²) in [4.78, 5) is 5.21. The lowest BCUT2D eigenvalue weighted by Crippen LogP contribution is -2.07. The fourth-order valence-corrected chi connectivity index (χ4v) is 2.32. The van der Waals surface area contributed by atoms with Gasteiger partial charge in [0, 0.05) is 5.56 Å². The van der Waals surface area contributed by atoms with Gasteiger partial charge in [-0.25, -0.2) is 0 Å². The summed E-state index contributed by atoms with van der Waals surface area (Å²) in [6.07, 6.45) is 2.08. The number of hydrogen-bond acceptors (Lipinski definition) is 2. The molecule has 90 valence electrons. The zero-order valence-corrected chi connectivity index (χ0v) is 10.3. The van der Waals surface area contributed by atoms with E-state index in [2.05, 4.69) is 60.9 Å². The zero-order chi connectivity index (χ0) is 12.4. The normalized spacial score (nSPS) is 14.2. The second-order valence-electron chi connectivity index (χ2n) is 4.39. The third-order valence-electron chi connectivity index (χ3n) is 3.18. The summed E-state index contributed by atoms with van der Waals surface area (Å²) in [6.45, 7) is 2.75. The van der Waals surface area contributed by atoms with Gasteiger partial charge in [0.15, 0.2) is 0 Å². The molecule has 1 aliphatic rings. The quantitative estimate of drug-likeness (QED) is 0.862. The Bertz CT molecular complexity index is 587. The van der Waals surface area contributed by atoms with Crippen LogP contribution in [0, 0.1) is 6.92 Å². The molecule has 2 aromatic carbocycles. The highest BCUT2D eigenvalue weighted by Crippen LogP contribution is 2.31. The summed E-state index contributed by atoms with van der Waals surface area (Å²) in [5, 5.41) is 0. The monoisotopic (exact) mass is 237 g/mol. The van der Waals surface area contributed by atoms with Crippen molar-refractivity contribution in [1.82, 2.24) is 5.48 Å².